The first-order valence-corrected chi connectivity index (χ1v) is 11.5. The lowest BCUT2D eigenvalue weighted by molar-refractivity contribution is -0.137. The van der Waals surface area contributed by atoms with Gasteiger partial charge in [0.15, 0.2) is 15.6 Å². The third-order valence-electron chi connectivity index (χ3n) is 5.87. The Labute approximate surface area is 177 Å². The van der Waals surface area contributed by atoms with E-state index in [0.717, 1.165) is 12.1 Å². The minimum Gasteiger partial charge on any atom is -0.368 e. The van der Waals surface area contributed by atoms with Gasteiger partial charge >= 0.3 is 6.18 Å². The molecule has 1 saturated carbocycles. The summed E-state index contributed by atoms with van der Waals surface area (Å²) in [5.74, 6) is -0.0333. The van der Waals surface area contributed by atoms with Gasteiger partial charge in [0.05, 0.1) is 15.9 Å². The van der Waals surface area contributed by atoms with E-state index in [2.05, 4.69) is 15.3 Å². The van der Waals surface area contributed by atoms with Crippen LogP contribution in [0, 0.1) is 0 Å². The fourth-order valence-electron chi connectivity index (χ4n) is 3.64. The molecule has 1 aliphatic carbocycles. The molecule has 0 radical (unpaired) electrons. The summed E-state index contributed by atoms with van der Waals surface area (Å²) in [6.45, 7) is 1.76. The van der Waals surface area contributed by atoms with Crippen molar-refractivity contribution in [2.24, 2.45) is 4.99 Å². The van der Waals surface area contributed by atoms with Gasteiger partial charge in [0.2, 0.25) is 0 Å². The summed E-state index contributed by atoms with van der Waals surface area (Å²) < 4.78 is 61.9. The van der Waals surface area contributed by atoms with Gasteiger partial charge in [0.25, 0.3) is 0 Å². The van der Waals surface area contributed by atoms with Gasteiger partial charge < -0.3 is 5.32 Å². The summed E-state index contributed by atoms with van der Waals surface area (Å²) in [7, 11) is -3.27. The Morgan fingerprint density at radius 3 is 2.39 bits per heavy atom. The van der Waals surface area contributed by atoms with Gasteiger partial charge in [-0.2, -0.15) is 13.2 Å². The number of halogens is 3. The number of hydrogen-bond acceptors (Lipinski definition) is 6. The standard InChI is InChI=1S/C21H20F3N3O3S/c1-12-18(28)17-16(10-25-12)15(13-3-5-14(6-4-13)21(22,23)24)9-26-19(17)27-11-20(7-8-20)31(2,29)30/h3-6,9-10,12H,7-8,11H2,1-2H3,(H,26,27). The number of aliphatic imine (C=N–C) groups is 1. The summed E-state index contributed by atoms with van der Waals surface area (Å²) in [5.41, 5.74) is 0.883. The Kier molecular flexibility index (Phi) is 4.95. The van der Waals surface area contributed by atoms with Crippen molar-refractivity contribution in [2.75, 3.05) is 18.1 Å². The van der Waals surface area contributed by atoms with Crippen molar-refractivity contribution in [3.63, 3.8) is 0 Å². The number of nitrogens with one attached hydrogen (secondary N) is 1. The first-order chi connectivity index (χ1) is 14.4. The van der Waals surface area contributed by atoms with E-state index >= 15 is 0 Å². The van der Waals surface area contributed by atoms with Crippen molar-refractivity contribution in [3.05, 3.63) is 47.2 Å². The number of carbonyl (C=O) groups excluding carboxylic acids is 1. The fourth-order valence-corrected chi connectivity index (χ4v) is 4.82. The van der Waals surface area contributed by atoms with Crippen molar-refractivity contribution >= 4 is 27.7 Å². The summed E-state index contributed by atoms with van der Waals surface area (Å²) in [6.07, 6.45) is 0.796. The van der Waals surface area contributed by atoms with Gasteiger partial charge in [-0.25, -0.2) is 13.4 Å². The van der Waals surface area contributed by atoms with Crippen LogP contribution in [0.5, 0.6) is 0 Å². The molecule has 6 nitrogen and oxygen atoms in total. The molecule has 164 valence electrons. The Balaban J connectivity index is 1.74. The van der Waals surface area contributed by atoms with Gasteiger partial charge in [-0.15, -0.1) is 0 Å². The van der Waals surface area contributed by atoms with Crippen molar-refractivity contribution < 1.29 is 26.4 Å². The second kappa shape index (κ2) is 7.15. The second-order valence-electron chi connectivity index (χ2n) is 8.01. The van der Waals surface area contributed by atoms with E-state index < -0.39 is 32.4 Å². The molecule has 1 aliphatic heterocycles. The van der Waals surface area contributed by atoms with Crippen LogP contribution in [0.1, 0.15) is 41.3 Å². The number of ketones is 1. The third-order valence-corrected chi connectivity index (χ3v) is 7.99. The predicted molar refractivity (Wildman–Crippen MR) is 111 cm³/mol. The number of sulfone groups is 1. The van der Waals surface area contributed by atoms with Gasteiger partial charge in [-0.1, -0.05) is 12.1 Å². The highest BCUT2D eigenvalue weighted by atomic mass is 32.2. The first-order valence-electron chi connectivity index (χ1n) is 9.64. The molecule has 2 aliphatic rings. The molecule has 2 aromatic rings. The van der Waals surface area contributed by atoms with E-state index in [1.165, 1.54) is 30.8 Å². The number of aromatic nitrogens is 1. The lowest BCUT2D eigenvalue weighted by Crippen LogP contribution is -2.32. The average Bonchev–Trinajstić information content (AvgIpc) is 3.49. The van der Waals surface area contributed by atoms with Crippen LogP contribution < -0.4 is 5.32 Å². The number of nitrogens with zero attached hydrogens (tertiary/aromatic N) is 2. The van der Waals surface area contributed by atoms with Crippen LogP contribution in [0.2, 0.25) is 0 Å². The number of hydrogen-bond donors (Lipinski definition) is 1. The highest BCUT2D eigenvalue weighted by molar-refractivity contribution is 7.92. The van der Waals surface area contributed by atoms with Crippen molar-refractivity contribution in [3.8, 4) is 11.1 Å². The summed E-state index contributed by atoms with van der Waals surface area (Å²) in [6, 6.07) is 3.96. The normalized spacial score (nSPS) is 19.8. The molecule has 2 heterocycles. The van der Waals surface area contributed by atoms with Gasteiger partial charge in [-0.3, -0.25) is 9.79 Å². The quantitative estimate of drug-likeness (QED) is 0.748. The minimum atomic E-state index is -4.45. The Bertz CT molecular complexity index is 1180. The summed E-state index contributed by atoms with van der Waals surface area (Å²) in [4.78, 5) is 21.4. The molecule has 1 atom stereocenters. The maximum Gasteiger partial charge on any atom is 0.416 e. The number of anilines is 1. The van der Waals surface area contributed by atoms with E-state index in [1.807, 2.05) is 0 Å². The van der Waals surface area contributed by atoms with Crippen LogP contribution in [0.3, 0.4) is 0 Å². The lowest BCUT2D eigenvalue weighted by atomic mass is 9.91. The molecule has 1 aromatic heterocycles. The van der Waals surface area contributed by atoms with Crippen LogP contribution in [-0.2, 0) is 16.0 Å². The molecule has 1 N–H and O–H groups in total. The molecular weight excluding hydrogens is 431 g/mol. The Hall–Kier alpha value is -2.75. The third kappa shape index (κ3) is 3.84. The van der Waals surface area contributed by atoms with Crippen LogP contribution in [0.4, 0.5) is 19.0 Å². The van der Waals surface area contributed by atoms with E-state index in [4.69, 9.17) is 0 Å². The van der Waals surface area contributed by atoms with E-state index in [0.29, 0.717) is 29.5 Å². The maximum atomic E-state index is 12.9. The number of rotatable bonds is 5. The second-order valence-corrected chi connectivity index (χ2v) is 10.4. The highest BCUT2D eigenvalue weighted by Crippen LogP contribution is 2.43. The zero-order chi connectivity index (χ0) is 22.6. The molecule has 10 heteroatoms. The summed E-state index contributed by atoms with van der Waals surface area (Å²) in [5, 5.41) is 3.02. The Morgan fingerprint density at radius 2 is 1.84 bits per heavy atom. The maximum absolute atomic E-state index is 12.9. The molecule has 1 aromatic carbocycles. The lowest BCUT2D eigenvalue weighted by Gasteiger charge is -2.22. The SMILES string of the molecule is CC1N=Cc2c(-c3ccc(C(F)(F)F)cc3)cnc(NCC3(S(C)(=O)=O)CC3)c2C1=O. The molecule has 0 bridgehead atoms. The van der Waals surface area contributed by atoms with Gasteiger partial charge in [-0.05, 0) is 37.5 Å². The minimum absolute atomic E-state index is 0.129. The largest absolute Gasteiger partial charge is 0.416 e. The van der Waals surface area contributed by atoms with E-state index in [1.54, 1.807) is 6.92 Å². The zero-order valence-electron chi connectivity index (χ0n) is 16.8. The van der Waals surface area contributed by atoms with Crippen LogP contribution in [0.15, 0.2) is 35.5 Å². The number of fused-ring (bicyclic) bond motifs is 1. The van der Waals surface area contributed by atoms with Crippen molar-refractivity contribution in [1.82, 2.24) is 4.98 Å². The number of pyridine rings is 1. The van der Waals surface area contributed by atoms with Crippen molar-refractivity contribution in [2.45, 2.75) is 36.7 Å². The average molecular weight is 451 g/mol. The number of Topliss-reactive ketones (excluding diaryl/α,β-unsaturated/α-hetero) is 1. The topological polar surface area (TPSA) is 88.5 Å². The predicted octanol–water partition coefficient (Wildman–Crippen LogP) is 3.76. The smallest absolute Gasteiger partial charge is 0.368 e. The number of carbonyl (C=O) groups is 1. The van der Waals surface area contributed by atoms with Gasteiger partial charge in [0, 0.05) is 36.3 Å². The number of alkyl halides is 3. The fraction of sp³-hybridized carbons (Fsp3) is 0.381. The van der Waals surface area contributed by atoms with Crippen LogP contribution >= 0.6 is 0 Å². The van der Waals surface area contributed by atoms with Crippen molar-refractivity contribution in [1.29, 1.82) is 0 Å². The molecule has 4 rings (SSSR count). The Morgan fingerprint density at radius 1 is 1.19 bits per heavy atom. The van der Waals surface area contributed by atoms with Gasteiger partial charge in [0.1, 0.15) is 11.9 Å². The van der Waals surface area contributed by atoms with E-state index in [-0.39, 0.29) is 23.7 Å². The zero-order valence-corrected chi connectivity index (χ0v) is 17.6. The molecule has 1 unspecified atom stereocenters. The number of benzene rings is 1. The van der Waals surface area contributed by atoms with E-state index in [9.17, 15) is 26.4 Å². The van der Waals surface area contributed by atoms with Crippen LogP contribution in [-0.4, -0.2) is 49.0 Å². The molecule has 0 spiro atoms. The summed E-state index contributed by atoms with van der Waals surface area (Å²) >= 11 is 0. The first kappa shape index (κ1) is 21.5. The van der Waals surface area contributed by atoms with Crippen LogP contribution in [0.25, 0.3) is 11.1 Å². The monoisotopic (exact) mass is 451 g/mol. The highest BCUT2D eigenvalue weighted by Gasteiger charge is 2.52. The molecular formula is C21H20F3N3O3S. The molecule has 0 saturated heterocycles. The molecule has 31 heavy (non-hydrogen) atoms. The molecule has 1 fully saturated rings. The molecule has 0 amide bonds.